The number of piperidine rings is 1. The highest BCUT2D eigenvalue weighted by molar-refractivity contribution is 6.30. The average molecular weight is 359 g/mol. The number of anilines is 1. The zero-order valence-corrected chi connectivity index (χ0v) is 13.3. The minimum atomic E-state index is -4.49. The van der Waals surface area contributed by atoms with Crippen molar-refractivity contribution in [3.8, 4) is 5.88 Å². The number of ether oxygens (including phenoxy) is 1. The molecule has 128 valence electrons. The van der Waals surface area contributed by atoms with Gasteiger partial charge in [-0.3, -0.25) is 0 Å². The molecule has 0 amide bonds. The molecule has 0 aromatic carbocycles. The highest BCUT2D eigenvalue weighted by Crippen LogP contribution is 2.29. The maximum Gasteiger partial charge on any atom is 0.433 e. The molecule has 0 saturated carbocycles. The van der Waals surface area contributed by atoms with Gasteiger partial charge < -0.3 is 9.64 Å². The first-order valence-electron chi connectivity index (χ1n) is 7.35. The topological polar surface area (TPSA) is 51.1 Å². The Labute approximate surface area is 141 Å². The summed E-state index contributed by atoms with van der Waals surface area (Å²) in [6.07, 6.45) is -0.552. The first-order valence-corrected chi connectivity index (χ1v) is 7.73. The summed E-state index contributed by atoms with van der Waals surface area (Å²) >= 11 is 5.77. The van der Waals surface area contributed by atoms with E-state index < -0.39 is 11.9 Å². The van der Waals surface area contributed by atoms with Crippen molar-refractivity contribution < 1.29 is 17.9 Å². The summed E-state index contributed by atoms with van der Waals surface area (Å²) in [5, 5.41) is 0.505. The van der Waals surface area contributed by atoms with Crippen LogP contribution in [0.25, 0.3) is 0 Å². The number of alkyl halides is 3. The molecule has 2 aromatic rings. The van der Waals surface area contributed by atoms with Gasteiger partial charge in [0.15, 0.2) is 0 Å². The van der Waals surface area contributed by atoms with Gasteiger partial charge in [-0.1, -0.05) is 11.6 Å². The SMILES string of the molecule is FC(F)(F)c1ccnc(N2CCCC(Oc3ccc(Cl)cn3)C2)n1. The Morgan fingerprint density at radius 2 is 2.04 bits per heavy atom. The molecule has 24 heavy (non-hydrogen) atoms. The van der Waals surface area contributed by atoms with E-state index in [1.165, 1.54) is 6.20 Å². The van der Waals surface area contributed by atoms with Gasteiger partial charge in [0.05, 0.1) is 11.6 Å². The third-order valence-electron chi connectivity index (χ3n) is 3.58. The summed E-state index contributed by atoms with van der Waals surface area (Å²) in [5.74, 6) is 0.485. The van der Waals surface area contributed by atoms with Gasteiger partial charge >= 0.3 is 6.18 Å². The largest absolute Gasteiger partial charge is 0.472 e. The second-order valence-corrected chi connectivity index (χ2v) is 5.82. The van der Waals surface area contributed by atoms with Crippen LogP contribution in [-0.4, -0.2) is 34.1 Å². The van der Waals surface area contributed by atoms with Crippen LogP contribution in [0.4, 0.5) is 19.1 Å². The van der Waals surface area contributed by atoms with E-state index in [9.17, 15) is 13.2 Å². The van der Waals surface area contributed by atoms with E-state index in [-0.39, 0.29) is 12.1 Å². The lowest BCUT2D eigenvalue weighted by Crippen LogP contribution is -2.42. The molecule has 9 heteroatoms. The van der Waals surface area contributed by atoms with Crippen LogP contribution in [-0.2, 0) is 6.18 Å². The van der Waals surface area contributed by atoms with Crippen molar-refractivity contribution in [1.29, 1.82) is 0 Å². The molecule has 1 atom stereocenters. The Morgan fingerprint density at radius 3 is 2.75 bits per heavy atom. The van der Waals surface area contributed by atoms with Crippen molar-refractivity contribution in [1.82, 2.24) is 15.0 Å². The molecule has 1 aliphatic heterocycles. The number of pyridine rings is 1. The average Bonchev–Trinajstić information content (AvgIpc) is 2.57. The molecule has 1 fully saturated rings. The van der Waals surface area contributed by atoms with Crippen LogP contribution in [0.3, 0.4) is 0 Å². The molecule has 2 aromatic heterocycles. The molecule has 0 aliphatic carbocycles. The van der Waals surface area contributed by atoms with Crippen LogP contribution in [0, 0.1) is 0 Å². The minimum absolute atomic E-state index is 0.0576. The Balaban J connectivity index is 1.70. The molecule has 0 spiro atoms. The van der Waals surface area contributed by atoms with Gasteiger partial charge in [-0.15, -0.1) is 0 Å². The Bertz CT molecular complexity index is 696. The van der Waals surface area contributed by atoms with Gasteiger partial charge in [0.1, 0.15) is 11.8 Å². The van der Waals surface area contributed by atoms with Crippen molar-refractivity contribution in [2.24, 2.45) is 0 Å². The van der Waals surface area contributed by atoms with E-state index in [4.69, 9.17) is 16.3 Å². The fraction of sp³-hybridized carbons (Fsp3) is 0.400. The Hall–Kier alpha value is -2.09. The van der Waals surface area contributed by atoms with E-state index in [1.54, 1.807) is 17.0 Å². The highest BCUT2D eigenvalue weighted by atomic mass is 35.5. The lowest BCUT2D eigenvalue weighted by Gasteiger charge is -2.32. The monoisotopic (exact) mass is 358 g/mol. The number of aromatic nitrogens is 3. The quantitative estimate of drug-likeness (QED) is 0.839. The molecule has 0 N–H and O–H groups in total. The summed E-state index contributed by atoms with van der Waals surface area (Å²) in [6, 6.07) is 4.18. The fourth-order valence-electron chi connectivity index (χ4n) is 2.48. The van der Waals surface area contributed by atoms with E-state index in [2.05, 4.69) is 15.0 Å². The lowest BCUT2D eigenvalue weighted by molar-refractivity contribution is -0.141. The summed E-state index contributed by atoms with van der Waals surface area (Å²) in [4.78, 5) is 13.3. The normalized spacial score (nSPS) is 18.5. The number of rotatable bonds is 3. The van der Waals surface area contributed by atoms with Crippen molar-refractivity contribution >= 4 is 17.5 Å². The predicted molar refractivity (Wildman–Crippen MR) is 82.1 cm³/mol. The smallest absolute Gasteiger partial charge is 0.433 e. The molecule has 1 aliphatic rings. The van der Waals surface area contributed by atoms with Crippen molar-refractivity contribution in [2.75, 3.05) is 18.0 Å². The molecule has 1 unspecified atom stereocenters. The summed E-state index contributed by atoms with van der Waals surface area (Å²) in [6.45, 7) is 0.973. The number of halogens is 4. The molecule has 5 nitrogen and oxygen atoms in total. The maximum absolute atomic E-state index is 12.8. The van der Waals surface area contributed by atoms with Crippen molar-refractivity contribution in [2.45, 2.75) is 25.1 Å². The minimum Gasteiger partial charge on any atom is -0.472 e. The zero-order valence-electron chi connectivity index (χ0n) is 12.5. The van der Waals surface area contributed by atoms with Crippen molar-refractivity contribution in [3.05, 3.63) is 41.3 Å². The number of nitrogens with zero attached hydrogens (tertiary/aromatic N) is 4. The van der Waals surface area contributed by atoms with Crippen LogP contribution in [0.1, 0.15) is 18.5 Å². The Morgan fingerprint density at radius 1 is 1.21 bits per heavy atom. The molecule has 0 radical (unpaired) electrons. The van der Waals surface area contributed by atoms with Gasteiger partial charge in [-0.2, -0.15) is 13.2 Å². The highest BCUT2D eigenvalue weighted by Gasteiger charge is 2.33. The molecule has 1 saturated heterocycles. The third kappa shape index (κ3) is 4.05. The molecular formula is C15H14ClF3N4O. The van der Waals surface area contributed by atoms with Crippen LogP contribution in [0.15, 0.2) is 30.6 Å². The van der Waals surface area contributed by atoms with Crippen LogP contribution in [0.5, 0.6) is 5.88 Å². The molecular weight excluding hydrogens is 345 g/mol. The molecule has 0 bridgehead atoms. The van der Waals surface area contributed by atoms with Gasteiger partial charge in [-0.05, 0) is 25.0 Å². The Kier molecular flexibility index (Phi) is 4.75. The summed E-state index contributed by atoms with van der Waals surface area (Å²) < 4.78 is 44.1. The number of hydrogen-bond acceptors (Lipinski definition) is 5. The molecule has 3 heterocycles. The zero-order chi connectivity index (χ0) is 17.2. The fourth-order valence-corrected chi connectivity index (χ4v) is 2.59. The standard InChI is InChI=1S/C15H14ClF3N4O/c16-10-3-4-13(21-8-10)24-11-2-1-7-23(9-11)14-20-6-5-12(22-14)15(17,18)19/h3-6,8,11H,1-2,7,9H2. The summed E-state index contributed by atoms with van der Waals surface area (Å²) in [5.41, 5.74) is -0.949. The van der Waals surface area contributed by atoms with Crippen molar-refractivity contribution in [3.63, 3.8) is 0 Å². The first kappa shape index (κ1) is 16.8. The van der Waals surface area contributed by atoms with Gasteiger partial charge in [-0.25, -0.2) is 15.0 Å². The van der Waals surface area contributed by atoms with E-state index in [1.807, 2.05) is 0 Å². The second kappa shape index (κ2) is 6.80. The maximum atomic E-state index is 12.8. The molecule has 3 rings (SSSR count). The predicted octanol–water partition coefficient (Wildman–Crippen LogP) is 3.59. The van der Waals surface area contributed by atoms with Crippen LogP contribution < -0.4 is 9.64 Å². The second-order valence-electron chi connectivity index (χ2n) is 5.38. The number of hydrogen-bond donors (Lipinski definition) is 0. The first-order chi connectivity index (χ1) is 11.4. The summed E-state index contributed by atoms with van der Waals surface area (Å²) in [7, 11) is 0. The lowest BCUT2D eigenvalue weighted by atomic mass is 10.1. The van der Waals surface area contributed by atoms with E-state index in [0.717, 1.165) is 25.1 Å². The van der Waals surface area contributed by atoms with Gasteiger partial charge in [0.25, 0.3) is 0 Å². The van der Waals surface area contributed by atoms with Gasteiger partial charge in [0.2, 0.25) is 11.8 Å². The van der Waals surface area contributed by atoms with Crippen LogP contribution in [0.2, 0.25) is 5.02 Å². The van der Waals surface area contributed by atoms with Crippen LogP contribution >= 0.6 is 11.6 Å². The van der Waals surface area contributed by atoms with E-state index >= 15 is 0 Å². The van der Waals surface area contributed by atoms with Gasteiger partial charge in [0, 0.05) is 25.0 Å². The third-order valence-corrected chi connectivity index (χ3v) is 3.81. The van der Waals surface area contributed by atoms with E-state index in [0.29, 0.717) is 24.0 Å².